The summed E-state index contributed by atoms with van der Waals surface area (Å²) in [6, 6.07) is 0. The van der Waals surface area contributed by atoms with Crippen molar-refractivity contribution in [3.05, 3.63) is 11.9 Å². The van der Waals surface area contributed by atoms with Crippen LogP contribution < -0.4 is 0 Å². The highest BCUT2D eigenvalue weighted by atomic mass is 16.3. The van der Waals surface area contributed by atoms with Gasteiger partial charge in [-0.1, -0.05) is 5.21 Å². The van der Waals surface area contributed by atoms with Gasteiger partial charge in [-0.05, 0) is 51.1 Å². The lowest BCUT2D eigenvalue weighted by Gasteiger charge is -2.48. The highest BCUT2D eigenvalue weighted by molar-refractivity contribution is 5.84. The fourth-order valence-corrected chi connectivity index (χ4v) is 4.30. The van der Waals surface area contributed by atoms with E-state index in [1.165, 1.54) is 12.8 Å². The molecule has 1 spiro atoms. The predicted molar refractivity (Wildman–Crippen MR) is 87.9 cm³/mol. The van der Waals surface area contributed by atoms with Gasteiger partial charge in [-0.25, -0.2) is 0 Å². The van der Waals surface area contributed by atoms with E-state index >= 15 is 0 Å². The minimum atomic E-state index is -0.368. The van der Waals surface area contributed by atoms with Gasteiger partial charge in [0.1, 0.15) is 0 Å². The maximum atomic E-state index is 13.1. The molecule has 24 heavy (non-hydrogen) atoms. The molecule has 132 valence electrons. The summed E-state index contributed by atoms with van der Waals surface area (Å²) in [5, 5.41) is 18.4. The Morgan fingerprint density at radius 2 is 2.08 bits per heavy atom. The van der Waals surface area contributed by atoms with E-state index in [4.69, 9.17) is 0 Å². The van der Waals surface area contributed by atoms with Gasteiger partial charge in [-0.2, -0.15) is 0 Å². The van der Waals surface area contributed by atoms with Gasteiger partial charge in [0, 0.05) is 32.9 Å². The molecular weight excluding hydrogens is 306 g/mol. The maximum absolute atomic E-state index is 13.1. The van der Waals surface area contributed by atoms with Gasteiger partial charge in [-0.3, -0.25) is 14.4 Å². The molecule has 7 heteroatoms. The molecule has 0 bridgehead atoms. The van der Waals surface area contributed by atoms with Crippen LogP contribution in [-0.4, -0.2) is 68.1 Å². The highest BCUT2D eigenvalue weighted by Crippen LogP contribution is 2.42. The molecule has 0 radical (unpaired) electrons. The minimum absolute atomic E-state index is 0.291. The van der Waals surface area contributed by atoms with E-state index in [0.29, 0.717) is 24.8 Å². The highest BCUT2D eigenvalue weighted by Gasteiger charge is 2.49. The number of piperidine rings is 2. The fraction of sp³-hybridized carbons (Fsp3) is 0.824. The van der Waals surface area contributed by atoms with Crippen molar-refractivity contribution in [2.45, 2.75) is 44.8 Å². The van der Waals surface area contributed by atoms with Crippen LogP contribution in [0.25, 0.3) is 0 Å². The monoisotopic (exact) mass is 333 g/mol. The molecule has 2 saturated heterocycles. The van der Waals surface area contributed by atoms with Crippen molar-refractivity contribution >= 4 is 5.91 Å². The lowest BCUT2D eigenvalue weighted by Crippen LogP contribution is -2.57. The van der Waals surface area contributed by atoms with E-state index in [9.17, 15) is 9.90 Å². The summed E-state index contributed by atoms with van der Waals surface area (Å²) in [6.45, 7) is 3.92. The normalized spacial score (nSPS) is 27.8. The van der Waals surface area contributed by atoms with Gasteiger partial charge < -0.3 is 10.0 Å². The number of carbonyl (C=O) groups is 1. The molecule has 1 N–H and O–H groups in total. The third-order valence-corrected chi connectivity index (χ3v) is 5.82. The van der Waals surface area contributed by atoms with Gasteiger partial charge in [0.25, 0.3) is 0 Å². The summed E-state index contributed by atoms with van der Waals surface area (Å²) >= 11 is 0. The Hall–Kier alpha value is -1.47. The Morgan fingerprint density at radius 1 is 1.33 bits per heavy atom. The van der Waals surface area contributed by atoms with Crippen LogP contribution in [0, 0.1) is 11.3 Å². The standard InChI is InChI=1S/C17H27N5O2/c1-20-10-14(18-19-20)11-21-6-4-17(5-7-21)8-15(23)12-22(16(17)24)9-13-2-3-13/h10,13,15,23H,2-9,11-12H2,1H3. The van der Waals surface area contributed by atoms with Crippen LogP contribution in [0.5, 0.6) is 0 Å². The lowest BCUT2D eigenvalue weighted by atomic mass is 9.70. The van der Waals surface area contributed by atoms with E-state index in [1.807, 2.05) is 18.1 Å². The molecule has 4 rings (SSSR count). The summed E-state index contributed by atoms with van der Waals surface area (Å²) < 4.78 is 1.72. The molecule has 1 saturated carbocycles. The molecule has 3 heterocycles. The number of hydrogen-bond donors (Lipinski definition) is 1. The first-order chi connectivity index (χ1) is 11.5. The Balaban J connectivity index is 1.39. The number of aromatic nitrogens is 3. The second kappa shape index (κ2) is 6.11. The minimum Gasteiger partial charge on any atom is -0.391 e. The SMILES string of the molecule is Cn1cc(CN2CCC3(CC2)CC(O)CN(CC2CC2)C3=O)nn1. The molecule has 0 aromatic carbocycles. The van der Waals surface area contributed by atoms with Gasteiger partial charge in [0.05, 0.1) is 17.2 Å². The summed E-state index contributed by atoms with van der Waals surface area (Å²) in [6.07, 6.45) is 6.35. The van der Waals surface area contributed by atoms with Crippen molar-refractivity contribution in [2.24, 2.45) is 18.4 Å². The van der Waals surface area contributed by atoms with Crippen LogP contribution in [0.15, 0.2) is 6.20 Å². The number of likely N-dealkylation sites (tertiary alicyclic amines) is 2. The van der Waals surface area contributed by atoms with Crippen molar-refractivity contribution < 1.29 is 9.90 Å². The number of carbonyl (C=O) groups excluding carboxylic acids is 1. The Kier molecular flexibility index (Phi) is 4.08. The predicted octanol–water partition coefficient (Wildman–Crippen LogP) is 0.401. The summed E-state index contributed by atoms with van der Waals surface area (Å²) in [5.41, 5.74) is 0.629. The van der Waals surface area contributed by atoms with Crippen LogP contribution in [-0.2, 0) is 18.4 Å². The van der Waals surface area contributed by atoms with Crippen molar-refractivity contribution in [1.82, 2.24) is 24.8 Å². The quantitative estimate of drug-likeness (QED) is 0.863. The third-order valence-electron chi connectivity index (χ3n) is 5.82. The maximum Gasteiger partial charge on any atom is 0.229 e. The topological polar surface area (TPSA) is 74.5 Å². The number of aryl methyl sites for hydroxylation is 1. The second-order valence-corrected chi connectivity index (χ2v) is 7.95. The average Bonchev–Trinajstić information content (AvgIpc) is 3.27. The van der Waals surface area contributed by atoms with E-state index in [0.717, 1.165) is 44.7 Å². The van der Waals surface area contributed by atoms with Crippen molar-refractivity contribution in [2.75, 3.05) is 26.2 Å². The first kappa shape index (κ1) is 16.0. The fourth-order valence-electron chi connectivity index (χ4n) is 4.30. The molecule has 1 aliphatic carbocycles. The van der Waals surface area contributed by atoms with Crippen molar-refractivity contribution in [3.63, 3.8) is 0 Å². The Morgan fingerprint density at radius 3 is 2.71 bits per heavy atom. The number of aliphatic hydroxyl groups is 1. The number of rotatable bonds is 4. The van der Waals surface area contributed by atoms with Crippen LogP contribution >= 0.6 is 0 Å². The van der Waals surface area contributed by atoms with Crippen LogP contribution in [0.2, 0.25) is 0 Å². The number of hydrogen-bond acceptors (Lipinski definition) is 5. The number of nitrogens with zero attached hydrogens (tertiary/aromatic N) is 5. The molecule has 1 atom stereocenters. The van der Waals surface area contributed by atoms with Crippen molar-refractivity contribution in [1.29, 1.82) is 0 Å². The Labute approximate surface area is 142 Å². The van der Waals surface area contributed by atoms with Crippen LogP contribution in [0.1, 0.15) is 37.8 Å². The lowest BCUT2D eigenvalue weighted by molar-refractivity contribution is -0.157. The van der Waals surface area contributed by atoms with E-state index in [1.54, 1.807) is 4.68 Å². The summed E-state index contributed by atoms with van der Waals surface area (Å²) in [4.78, 5) is 17.3. The van der Waals surface area contributed by atoms with Crippen molar-refractivity contribution in [3.8, 4) is 0 Å². The summed E-state index contributed by atoms with van der Waals surface area (Å²) in [5.74, 6) is 0.965. The number of β-amino-alcohol motifs (C(OH)–C–C–N with tert-alkyl or cyclic N) is 1. The van der Waals surface area contributed by atoms with Gasteiger partial charge in [-0.15, -0.1) is 5.10 Å². The smallest absolute Gasteiger partial charge is 0.229 e. The van der Waals surface area contributed by atoms with Crippen LogP contribution in [0.4, 0.5) is 0 Å². The molecule has 1 amide bonds. The van der Waals surface area contributed by atoms with Crippen LogP contribution in [0.3, 0.4) is 0 Å². The van der Waals surface area contributed by atoms with Gasteiger partial charge >= 0.3 is 0 Å². The molecule has 1 unspecified atom stereocenters. The third kappa shape index (κ3) is 3.19. The van der Waals surface area contributed by atoms with E-state index < -0.39 is 0 Å². The van der Waals surface area contributed by atoms with Gasteiger partial charge in [0.2, 0.25) is 5.91 Å². The molecule has 3 aliphatic rings. The molecule has 1 aromatic rings. The first-order valence-corrected chi connectivity index (χ1v) is 9.09. The molecule has 7 nitrogen and oxygen atoms in total. The first-order valence-electron chi connectivity index (χ1n) is 9.09. The zero-order chi connectivity index (χ0) is 16.7. The summed E-state index contributed by atoms with van der Waals surface area (Å²) in [7, 11) is 1.87. The Bertz CT molecular complexity index is 602. The van der Waals surface area contributed by atoms with E-state index in [2.05, 4.69) is 15.2 Å². The molecule has 1 aromatic heterocycles. The number of aliphatic hydroxyl groups excluding tert-OH is 1. The molecule has 2 aliphatic heterocycles. The molecular formula is C17H27N5O2. The number of amides is 1. The second-order valence-electron chi connectivity index (χ2n) is 7.95. The average molecular weight is 333 g/mol. The molecule has 3 fully saturated rings. The van der Waals surface area contributed by atoms with E-state index in [-0.39, 0.29) is 11.5 Å². The zero-order valence-electron chi connectivity index (χ0n) is 14.4. The van der Waals surface area contributed by atoms with Gasteiger partial charge in [0.15, 0.2) is 0 Å². The largest absolute Gasteiger partial charge is 0.391 e. The zero-order valence-corrected chi connectivity index (χ0v) is 14.4.